The number of nitrogens with one attached hydrogen (secondary N) is 1. The summed E-state index contributed by atoms with van der Waals surface area (Å²) < 4.78 is 27.2. The highest BCUT2D eigenvalue weighted by Gasteiger charge is 2.42. The highest BCUT2D eigenvalue weighted by atomic mass is 32.2. The van der Waals surface area contributed by atoms with Crippen LogP contribution in [0.4, 0.5) is 0 Å². The number of rotatable bonds is 6. The van der Waals surface area contributed by atoms with Gasteiger partial charge in [-0.2, -0.15) is 11.8 Å². The minimum Gasteiger partial charge on any atom is -0.478 e. The molecule has 0 aromatic heterocycles. The first-order chi connectivity index (χ1) is 9.30. The van der Waals surface area contributed by atoms with E-state index in [-0.39, 0.29) is 15.2 Å². The number of carboxylic acids is 1. The molecule has 0 heterocycles. The van der Waals surface area contributed by atoms with Gasteiger partial charge in [0.1, 0.15) is 0 Å². The van der Waals surface area contributed by atoms with Crippen LogP contribution in [0.25, 0.3) is 0 Å². The molecule has 2 N–H and O–H groups in total. The van der Waals surface area contributed by atoms with Gasteiger partial charge in [0.25, 0.3) is 0 Å². The molecule has 1 aromatic carbocycles. The van der Waals surface area contributed by atoms with Crippen molar-refractivity contribution in [2.75, 3.05) is 12.8 Å². The van der Waals surface area contributed by atoms with E-state index >= 15 is 0 Å². The number of thioether (sulfide) groups is 1. The van der Waals surface area contributed by atoms with Crippen LogP contribution in [0, 0.1) is 6.92 Å². The predicted molar refractivity (Wildman–Crippen MR) is 78.8 cm³/mol. The van der Waals surface area contributed by atoms with E-state index in [4.69, 9.17) is 5.11 Å². The van der Waals surface area contributed by atoms with Gasteiger partial charge in [-0.3, -0.25) is 0 Å². The SMILES string of the molecule is CSC1(CNS(=O)(=O)c2cc(C(=O)O)ccc2C)CC1. The van der Waals surface area contributed by atoms with Crippen molar-refractivity contribution < 1.29 is 18.3 Å². The van der Waals surface area contributed by atoms with E-state index < -0.39 is 16.0 Å². The summed E-state index contributed by atoms with van der Waals surface area (Å²) in [5.41, 5.74) is 0.512. The summed E-state index contributed by atoms with van der Waals surface area (Å²) in [6, 6.07) is 4.12. The lowest BCUT2D eigenvalue weighted by molar-refractivity contribution is 0.0696. The quantitative estimate of drug-likeness (QED) is 0.837. The number of hydrogen-bond acceptors (Lipinski definition) is 4. The van der Waals surface area contributed by atoms with Crippen LogP contribution in [0.15, 0.2) is 23.1 Å². The number of carbonyl (C=O) groups is 1. The van der Waals surface area contributed by atoms with Crippen LogP contribution in [0.5, 0.6) is 0 Å². The fourth-order valence-corrected chi connectivity index (χ4v) is 4.13. The van der Waals surface area contributed by atoms with Crippen LogP contribution in [-0.2, 0) is 10.0 Å². The second-order valence-electron chi connectivity index (χ2n) is 5.00. The molecule has 20 heavy (non-hydrogen) atoms. The van der Waals surface area contributed by atoms with Gasteiger partial charge in [0.15, 0.2) is 0 Å². The first-order valence-corrected chi connectivity index (χ1v) is 8.89. The normalized spacial score (nSPS) is 16.9. The molecule has 1 aromatic rings. The molecule has 2 rings (SSSR count). The second-order valence-corrected chi connectivity index (χ2v) is 8.01. The third-order valence-electron chi connectivity index (χ3n) is 3.55. The van der Waals surface area contributed by atoms with E-state index in [0.717, 1.165) is 12.8 Å². The number of sulfonamides is 1. The van der Waals surface area contributed by atoms with Crippen LogP contribution in [-0.4, -0.2) is 37.0 Å². The minimum atomic E-state index is -3.68. The molecule has 0 amide bonds. The fourth-order valence-electron chi connectivity index (χ4n) is 1.92. The Morgan fingerprint density at radius 3 is 2.60 bits per heavy atom. The number of aryl methyl sites for hydroxylation is 1. The van der Waals surface area contributed by atoms with Crippen LogP contribution in [0.3, 0.4) is 0 Å². The van der Waals surface area contributed by atoms with Gasteiger partial charge in [-0.05, 0) is 43.7 Å². The topological polar surface area (TPSA) is 83.5 Å². The molecule has 0 unspecified atom stereocenters. The Morgan fingerprint density at radius 2 is 2.10 bits per heavy atom. The van der Waals surface area contributed by atoms with Crippen molar-refractivity contribution in [1.29, 1.82) is 0 Å². The average Bonchev–Trinajstić information content (AvgIpc) is 3.17. The first-order valence-electron chi connectivity index (χ1n) is 6.18. The van der Waals surface area contributed by atoms with E-state index in [1.807, 2.05) is 6.26 Å². The zero-order chi connectivity index (χ0) is 15.0. The van der Waals surface area contributed by atoms with Gasteiger partial charge in [0.05, 0.1) is 10.5 Å². The summed E-state index contributed by atoms with van der Waals surface area (Å²) in [6.07, 6.45) is 3.98. The van der Waals surface area contributed by atoms with Gasteiger partial charge in [0, 0.05) is 11.3 Å². The summed E-state index contributed by atoms with van der Waals surface area (Å²) in [7, 11) is -3.68. The van der Waals surface area contributed by atoms with Crippen LogP contribution in [0.1, 0.15) is 28.8 Å². The molecule has 1 aliphatic rings. The fraction of sp³-hybridized carbons (Fsp3) is 0.462. The number of benzene rings is 1. The van der Waals surface area contributed by atoms with E-state index in [2.05, 4.69) is 4.72 Å². The molecule has 0 spiro atoms. The van der Waals surface area contributed by atoms with Gasteiger partial charge < -0.3 is 5.11 Å². The standard InChI is InChI=1S/C13H17NO4S2/c1-9-3-4-10(12(15)16)7-11(9)20(17,18)14-8-13(19-2)5-6-13/h3-4,7,14H,5-6,8H2,1-2H3,(H,15,16). The highest BCUT2D eigenvalue weighted by molar-refractivity contribution is 8.00. The van der Waals surface area contributed by atoms with E-state index in [9.17, 15) is 13.2 Å². The van der Waals surface area contributed by atoms with Gasteiger partial charge in [-0.25, -0.2) is 17.9 Å². The summed E-state index contributed by atoms with van der Waals surface area (Å²) in [5, 5.41) is 8.95. The maximum absolute atomic E-state index is 12.3. The summed E-state index contributed by atoms with van der Waals surface area (Å²) >= 11 is 1.67. The third kappa shape index (κ3) is 3.16. The second kappa shape index (κ2) is 5.38. The zero-order valence-electron chi connectivity index (χ0n) is 11.3. The monoisotopic (exact) mass is 315 g/mol. The number of hydrogen-bond donors (Lipinski definition) is 2. The lowest BCUT2D eigenvalue weighted by Gasteiger charge is -2.14. The zero-order valence-corrected chi connectivity index (χ0v) is 13.0. The van der Waals surface area contributed by atoms with Crippen molar-refractivity contribution >= 4 is 27.8 Å². The van der Waals surface area contributed by atoms with Crippen molar-refractivity contribution in [2.24, 2.45) is 0 Å². The minimum absolute atomic E-state index is 0.0192. The van der Waals surface area contributed by atoms with Crippen molar-refractivity contribution in [2.45, 2.75) is 29.4 Å². The number of carboxylic acid groups (broad SMARTS) is 1. The molecule has 1 aliphatic carbocycles. The van der Waals surface area contributed by atoms with Crippen molar-refractivity contribution in [3.05, 3.63) is 29.3 Å². The Balaban J connectivity index is 2.24. The lowest BCUT2D eigenvalue weighted by Crippen LogP contribution is -2.32. The molecule has 0 saturated heterocycles. The van der Waals surface area contributed by atoms with Gasteiger partial charge in [0.2, 0.25) is 10.0 Å². The number of aromatic carboxylic acids is 1. The smallest absolute Gasteiger partial charge is 0.335 e. The molecule has 1 saturated carbocycles. The van der Waals surface area contributed by atoms with Crippen LogP contribution >= 0.6 is 11.8 Å². The van der Waals surface area contributed by atoms with Crippen LogP contribution < -0.4 is 4.72 Å². The van der Waals surface area contributed by atoms with Gasteiger partial charge in [-0.15, -0.1) is 0 Å². The van der Waals surface area contributed by atoms with Gasteiger partial charge in [-0.1, -0.05) is 6.07 Å². The Hall–Kier alpha value is -1.05. The predicted octanol–water partition coefficient (Wildman–Crippen LogP) is 1.87. The molecule has 0 radical (unpaired) electrons. The molecular weight excluding hydrogens is 298 g/mol. The molecule has 0 aliphatic heterocycles. The molecule has 1 fully saturated rings. The summed E-state index contributed by atoms with van der Waals surface area (Å²) in [4.78, 5) is 11.0. The van der Waals surface area contributed by atoms with Crippen molar-refractivity contribution in [1.82, 2.24) is 4.72 Å². The van der Waals surface area contributed by atoms with Gasteiger partial charge >= 0.3 is 5.97 Å². The maximum atomic E-state index is 12.3. The molecule has 0 atom stereocenters. The Kier molecular flexibility index (Phi) is 4.13. The molecule has 5 nitrogen and oxygen atoms in total. The van der Waals surface area contributed by atoms with Crippen molar-refractivity contribution in [3.8, 4) is 0 Å². The Bertz CT molecular complexity index is 636. The highest BCUT2D eigenvalue weighted by Crippen LogP contribution is 2.46. The molecule has 0 bridgehead atoms. The summed E-state index contributed by atoms with van der Waals surface area (Å²) in [5.74, 6) is -1.13. The Morgan fingerprint density at radius 1 is 1.45 bits per heavy atom. The summed E-state index contributed by atoms with van der Waals surface area (Å²) in [6.45, 7) is 2.04. The maximum Gasteiger partial charge on any atom is 0.335 e. The average molecular weight is 315 g/mol. The third-order valence-corrected chi connectivity index (χ3v) is 6.51. The molecule has 110 valence electrons. The van der Waals surface area contributed by atoms with E-state index in [0.29, 0.717) is 12.1 Å². The Labute approximate surface area is 122 Å². The van der Waals surface area contributed by atoms with Crippen LogP contribution in [0.2, 0.25) is 0 Å². The van der Waals surface area contributed by atoms with Crippen molar-refractivity contribution in [3.63, 3.8) is 0 Å². The first kappa shape index (κ1) is 15.3. The molecule has 7 heteroatoms. The largest absolute Gasteiger partial charge is 0.478 e. The molecular formula is C13H17NO4S2. The van der Waals surface area contributed by atoms with E-state index in [1.165, 1.54) is 18.2 Å². The lowest BCUT2D eigenvalue weighted by atomic mass is 10.1. The van der Waals surface area contributed by atoms with E-state index in [1.54, 1.807) is 18.7 Å².